The fraction of sp³-hybridized carbons (Fsp3) is 0.588. The molecule has 1 saturated carbocycles. The smallest absolute Gasteiger partial charge is 0.191 e. The predicted molar refractivity (Wildman–Crippen MR) is 109 cm³/mol. The Hall–Kier alpha value is -0.340. The van der Waals surface area contributed by atoms with Crippen molar-refractivity contribution in [1.29, 1.82) is 0 Å². The van der Waals surface area contributed by atoms with Crippen LogP contribution in [0.3, 0.4) is 0 Å². The molecule has 2 aliphatic rings. The van der Waals surface area contributed by atoms with E-state index in [0.717, 1.165) is 43.2 Å². The molecule has 1 aromatic carbocycles. The van der Waals surface area contributed by atoms with Crippen LogP contribution in [0.25, 0.3) is 0 Å². The Kier molecular flexibility index (Phi) is 7.16. The quantitative estimate of drug-likeness (QED) is 0.376. The first-order valence-corrected chi connectivity index (χ1v) is 8.79. The zero-order valence-electron chi connectivity index (χ0n) is 13.5. The molecule has 2 fully saturated rings. The van der Waals surface area contributed by atoms with Crippen molar-refractivity contribution in [1.82, 2.24) is 10.6 Å². The summed E-state index contributed by atoms with van der Waals surface area (Å²) in [5.74, 6) is 1.51. The highest BCUT2D eigenvalue weighted by molar-refractivity contribution is 14.0. The van der Waals surface area contributed by atoms with Crippen molar-refractivity contribution < 1.29 is 4.74 Å². The van der Waals surface area contributed by atoms with Crippen LogP contribution in [0.2, 0.25) is 0 Å². The number of nitrogens with zero attached hydrogens (tertiary/aromatic N) is 1. The molecule has 4 nitrogen and oxygen atoms in total. The van der Waals surface area contributed by atoms with Gasteiger partial charge in [-0.2, -0.15) is 0 Å². The standard InChI is InChI=1S/C17H24BrN3O.HI/c1-19-16(20-10-13-5-8-22-11-13)21-12-17(6-7-17)14-3-2-4-15(18)9-14;/h2-4,9,13H,5-8,10-12H2,1H3,(H2,19,20,21);1H. The largest absolute Gasteiger partial charge is 0.381 e. The number of benzene rings is 1. The third kappa shape index (κ3) is 5.06. The van der Waals surface area contributed by atoms with Crippen LogP contribution in [0.4, 0.5) is 0 Å². The van der Waals surface area contributed by atoms with E-state index < -0.39 is 0 Å². The molecule has 0 aromatic heterocycles. The molecular weight excluding hydrogens is 469 g/mol. The molecule has 1 aliphatic carbocycles. The molecule has 1 heterocycles. The van der Waals surface area contributed by atoms with E-state index in [4.69, 9.17) is 4.74 Å². The number of hydrogen-bond donors (Lipinski definition) is 2. The monoisotopic (exact) mass is 493 g/mol. The molecule has 2 N–H and O–H groups in total. The molecule has 6 heteroatoms. The fourth-order valence-corrected chi connectivity index (χ4v) is 3.39. The van der Waals surface area contributed by atoms with E-state index in [-0.39, 0.29) is 29.4 Å². The highest BCUT2D eigenvalue weighted by Crippen LogP contribution is 2.48. The van der Waals surface area contributed by atoms with E-state index in [1.54, 1.807) is 0 Å². The summed E-state index contributed by atoms with van der Waals surface area (Å²) < 4.78 is 6.56. The number of guanidine groups is 1. The van der Waals surface area contributed by atoms with Gasteiger partial charge in [-0.3, -0.25) is 4.99 Å². The second-order valence-corrected chi connectivity index (χ2v) is 7.24. The third-order valence-corrected chi connectivity index (χ3v) is 5.18. The van der Waals surface area contributed by atoms with Gasteiger partial charge in [-0.15, -0.1) is 24.0 Å². The lowest BCUT2D eigenvalue weighted by Crippen LogP contribution is -2.43. The molecule has 128 valence electrons. The Labute approximate surface area is 164 Å². The van der Waals surface area contributed by atoms with Crippen molar-refractivity contribution >= 4 is 45.9 Å². The van der Waals surface area contributed by atoms with Gasteiger partial charge in [0.25, 0.3) is 0 Å². The SMILES string of the molecule is CN=C(NCC1CCOC1)NCC1(c2cccc(Br)c2)CC1.I. The van der Waals surface area contributed by atoms with Gasteiger partial charge >= 0.3 is 0 Å². The van der Waals surface area contributed by atoms with Crippen LogP contribution < -0.4 is 10.6 Å². The molecule has 0 radical (unpaired) electrons. The van der Waals surface area contributed by atoms with Crippen molar-refractivity contribution in [3.8, 4) is 0 Å². The summed E-state index contributed by atoms with van der Waals surface area (Å²) in [5.41, 5.74) is 1.69. The minimum absolute atomic E-state index is 0. The van der Waals surface area contributed by atoms with Crippen LogP contribution in [0.1, 0.15) is 24.8 Å². The molecule has 0 spiro atoms. The Balaban J connectivity index is 0.00000192. The fourth-order valence-electron chi connectivity index (χ4n) is 3.00. The van der Waals surface area contributed by atoms with E-state index in [0.29, 0.717) is 5.92 Å². The minimum atomic E-state index is 0. The summed E-state index contributed by atoms with van der Waals surface area (Å²) >= 11 is 3.57. The third-order valence-electron chi connectivity index (χ3n) is 4.69. The second-order valence-electron chi connectivity index (χ2n) is 6.33. The number of halogens is 2. The van der Waals surface area contributed by atoms with E-state index in [2.05, 4.69) is 55.8 Å². The first-order chi connectivity index (χ1) is 10.7. The van der Waals surface area contributed by atoms with Crippen LogP contribution in [0.15, 0.2) is 33.7 Å². The second kappa shape index (κ2) is 8.67. The van der Waals surface area contributed by atoms with Crippen molar-refractivity contribution in [3.63, 3.8) is 0 Å². The maximum Gasteiger partial charge on any atom is 0.191 e. The topological polar surface area (TPSA) is 45.7 Å². The van der Waals surface area contributed by atoms with Gasteiger partial charge < -0.3 is 15.4 Å². The van der Waals surface area contributed by atoms with Crippen molar-refractivity contribution in [2.45, 2.75) is 24.7 Å². The maximum atomic E-state index is 5.41. The van der Waals surface area contributed by atoms with E-state index in [1.165, 1.54) is 18.4 Å². The van der Waals surface area contributed by atoms with Crippen molar-refractivity contribution in [2.24, 2.45) is 10.9 Å². The Bertz CT molecular complexity index is 542. The summed E-state index contributed by atoms with van der Waals surface area (Å²) in [6.45, 7) is 3.63. The molecular formula is C17H25BrIN3O. The Morgan fingerprint density at radius 3 is 2.83 bits per heavy atom. The summed E-state index contributed by atoms with van der Waals surface area (Å²) in [6.07, 6.45) is 3.62. The van der Waals surface area contributed by atoms with E-state index in [1.807, 2.05) is 7.05 Å². The van der Waals surface area contributed by atoms with Gasteiger partial charge in [0, 0.05) is 42.5 Å². The van der Waals surface area contributed by atoms with Crippen LogP contribution in [0.5, 0.6) is 0 Å². The minimum Gasteiger partial charge on any atom is -0.381 e. The molecule has 23 heavy (non-hydrogen) atoms. The van der Waals surface area contributed by atoms with Gasteiger partial charge in [-0.05, 0) is 37.0 Å². The molecule has 0 amide bonds. The number of rotatable bonds is 5. The number of ether oxygens (including phenoxy) is 1. The molecule has 1 atom stereocenters. The Morgan fingerprint density at radius 2 is 2.22 bits per heavy atom. The zero-order valence-corrected chi connectivity index (χ0v) is 17.4. The lowest BCUT2D eigenvalue weighted by atomic mass is 9.96. The highest BCUT2D eigenvalue weighted by atomic mass is 127. The maximum absolute atomic E-state index is 5.41. The van der Waals surface area contributed by atoms with Gasteiger partial charge in [0.15, 0.2) is 5.96 Å². The van der Waals surface area contributed by atoms with E-state index >= 15 is 0 Å². The Morgan fingerprint density at radius 1 is 1.39 bits per heavy atom. The average Bonchev–Trinajstić information content (AvgIpc) is 3.14. The molecule has 1 saturated heterocycles. The highest BCUT2D eigenvalue weighted by Gasteiger charge is 2.44. The molecule has 1 aliphatic heterocycles. The average molecular weight is 494 g/mol. The van der Waals surface area contributed by atoms with Crippen LogP contribution in [0, 0.1) is 5.92 Å². The van der Waals surface area contributed by atoms with Crippen molar-refractivity contribution in [3.05, 3.63) is 34.3 Å². The normalized spacial score (nSPS) is 22.3. The lowest BCUT2D eigenvalue weighted by molar-refractivity contribution is 0.186. The summed E-state index contributed by atoms with van der Waals surface area (Å²) in [7, 11) is 1.83. The van der Waals surface area contributed by atoms with E-state index in [9.17, 15) is 0 Å². The number of aliphatic imine (C=N–C) groups is 1. The van der Waals surface area contributed by atoms with Crippen molar-refractivity contribution in [2.75, 3.05) is 33.4 Å². The number of hydrogen-bond acceptors (Lipinski definition) is 2. The van der Waals surface area contributed by atoms with Gasteiger partial charge in [0.1, 0.15) is 0 Å². The zero-order chi connectivity index (χ0) is 15.4. The van der Waals surface area contributed by atoms with Crippen LogP contribution in [-0.4, -0.2) is 39.3 Å². The lowest BCUT2D eigenvalue weighted by Gasteiger charge is -2.20. The van der Waals surface area contributed by atoms with Crippen LogP contribution in [-0.2, 0) is 10.2 Å². The molecule has 1 aromatic rings. The predicted octanol–water partition coefficient (Wildman–Crippen LogP) is 3.30. The summed E-state index contributed by atoms with van der Waals surface area (Å²) in [4.78, 5) is 4.34. The van der Waals surface area contributed by atoms with Crippen LogP contribution >= 0.6 is 39.9 Å². The molecule has 3 rings (SSSR count). The van der Waals surface area contributed by atoms with Gasteiger partial charge in [0.2, 0.25) is 0 Å². The van der Waals surface area contributed by atoms with Gasteiger partial charge in [0.05, 0.1) is 6.61 Å². The first kappa shape index (κ1) is 19.0. The summed E-state index contributed by atoms with van der Waals surface area (Å²) in [6, 6.07) is 8.66. The summed E-state index contributed by atoms with van der Waals surface area (Å²) in [5, 5.41) is 6.92. The van der Waals surface area contributed by atoms with Gasteiger partial charge in [-0.25, -0.2) is 0 Å². The molecule has 1 unspecified atom stereocenters. The molecule has 0 bridgehead atoms. The first-order valence-electron chi connectivity index (χ1n) is 8.00. The van der Waals surface area contributed by atoms with Gasteiger partial charge in [-0.1, -0.05) is 28.1 Å². The number of nitrogens with one attached hydrogen (secondary N) is 2.